The summed E-state index contributed by atoms with van der Waals surface area (Å²) in [4.78, 5) is 16.1. The number of fused-ring (bicyclic) bond motifs is 1. The largest absolute Gasteiger partial charge is 0.355 e. The lowest BCUT2D eigenvalue weighted by Gasteiger charge is -2.08. The number of rotatable bonds is 6. The highest BCUT2D eigenvalue weighted by Crippen LogP contribution is 2.19. The fourth-order valence-corrected chi connectivity index (χ4v) is 2.25. The molecule has 1 heterocycles. The van der Waals surface area contributed by atoms with Crippen LogP contribution in [0, 0.1) is 5.82 Å². The molecule has 0 saturated heterocycles. The summed E-state index contributed by atoms with van der Waals surface area (Å²) in [6, 6.07) is 4.74. The first kappa shape index (κ1) is 14.8. The number of nitrogens with zero attached hydrogens (tertiary/aromatic N) is 2. The molecule has 0 radical (unpaired) electrons. The highest BCUT2D eigenvalue weighted by molar-refractivity contribution is 6.17. The van der Waals surface area contributed by atoms with Gasteiger partial charge in [0, 0.05) is 18.8 Å². The van der Waals surface area contributed by atoms with E-state index in [4.69, 9.17) is 11.6 Å². The lowest BCUT2D eigenvalue weighted by Crippen LogP contribution is -2.28. The number of aromatic nitrogens is 2. The fraction of sp³-hybridized carbons (Fsp3) is 0.429. The Kier molecular flexibility index (Phi) is 4.95. The SMILES string of the molecule is CCCNC(=O)Cn1c(CCCl)nc2c(F)cccc21. The first-order valence-electron chi connectivity index (χ1n) is 6.63. The van der Waals surface area contributed by atoms with E-state index in [0.717, 1.165) is 6.42 Å². The number of amides is 1. The first-order valence-corrected chi connectivity index (χ1v) is 7.17. The number of imidazole rings is 1. The molecule has 1 amide bonds. The Bertz CT molecular complexity index is 612. The summed E-state index contributed by atoms with van der Waals surface area (Å²) in [7, 11) is 0. The molecule has 1 aromatic heterocycles. The normalized spacial score (nSPS) is 10.9. The molecule has 6 heteroatoms. The first-order chi connectivity index (χ1) is 9.67. The molecule has 108 valence electrons. The van der Waals surface area contributed by atoms with E-state index in [9.17, 15) is 9.18 Å². The second-order valence-corrected chi connectivity index (χ2v) is 4.89. The van der Waals surface area contributed by atoms with E-state index < -0.39 is 0 Å². The average molecular weight is 298 g/mol. The molecule has 0 aliphatic heterocycles. The summed E-state index contributed by atoms with van der Waals surface area (Å²) < 4.78 is 15.5. The number of halogens is 2. The van der Waals surface area contributed by atoms with E-state index in [1.54, 1.807) is 16.7 Å². The van der Waals surface area contributed by atoms with Crippen LogP contribution in [0.5, 0.6) is 0 Å². The number of benzene rings is 1. The van der Waals surface area contributed by atoms with Crippen LogP contribution in [0.15, 0.2) is 18.2 Å². The Morgan fingerprint density at radius 1 is 1.50 bits per heavy atom. The van der Waals surface area contributed by atoms with Crippen molar-refractivity contribution in [1.29, 1.82) is 0 Å². The third kappa shape index (κ3) is 3.10. The molecule has 0 bridgehead atoms. The quantitative estimate of drug-likeness (QED) is 0.833. The maximum atomic E-state index is 13.8. The Labute approximate surface area is 121 Å². The number of hydrogen-bond donors (Lipinski definition) is 1. The number of aryl methyl sites for hydroxylation is 1. The van der Waals surface area contributed by atoms with Gasteiger partial charge in [0.2, 0.25) is 5.91 Å². The molecule has 0 unspecified atom stereocenters. The second kappa shape index (κ2) is 6.70. The van der Waals surface area contributed by atoms with E-state index in [-0.39, 0.29) is 23.8 Å². The van der Waals surface area contributed by atoms with Crippen molar-refractivity contribution in [3.63, 3.8) is 0 Å². The average Bonchev–Trinajstić information content (AvgIpc) is 2.77. The maximum absolute atomic E-state index is 13.8. The van der Waals surface area contributed by atoms with Gasteiger partial charge in [-0.25, -0.2) is 9.37 Å². The molecule has 0 aliphatic rings. The Morgan fingerprint density at radius 2 is 2.30 bits per heavy atom. The van der Waals surface area contributed by atoms with Gasteiger partial charge in [0.25, 0.3) is 0 Å². The molecule has 0 saturated carbocycles. The van der Waals surface area contributed by atoms with E-state index in [0.29, 0.717) is 30.2 Å². The van der Waals surface area contributed by atoms with Gasteiger partial charge in [-0.3, -0.25) is 4.79 Å². The van der Waals surface area contributed by atoms with Crippen molar-refractivity contribution < 1.29 is 9.18 Å². The third-order valence-corrected chi connectivity index (χ3v) is 3.19. The van der Waals surface area contributed by atoms with Crippen molar-refractivity contribution in [1.82, 2.24) is 14.9 Å². The van der Waals surface area contributed by atoms with Gasteiger partial charge in [-0.1, -0.05) is 13.0 Å². The zero-order valence-corrected chi connectivity index (χ0v) is 12.1. The zero-order chi connectivity index (χ0) is 14.5. The minimum Gasteiger partial charge on any atom is -0.355 e. The van der Waals surface area contributed by atoms with Gasteiger partial charge >= 0.3 is 0 Å². The van der Waals surface area contributed by atoms with Crippen LogP contribution in [-0.4, -0.2) is 27.9 Å². The molecule has 0 aliphatic carbocycles. The van der Waals surface area contributed by atoms with E-state index in [2.05, 4.69) is 10.3 Å². The van der Waals surface area contributed by atoms with Gasteiger partial charge in [0.1, 0.15) is 17.9 Å². The van der Waals surface area contributed by atoms with E-state index in [1.807, 2.05) is 6.92 Å². The monoisotopic (exact) mass is 297 g/mol. The minimum atomic E-state index is -0.383. The molecule has 0 spiro atoms. The Balaban J connectivity index is 2.36. The number of nitrogens with one attached hydrogen (secondary N) is 1. The van der Waals surface area contributed by atoms with Crippen LogP contribution in [0.1, 0.15) is 19.2 Å². The van der Waals surface area contributed by atoms with Gasteiger partial charge in [0.15, 0.2) is 5.82 Å². The molecular weight excluding hydrogens is 281 g/mol. The van der Waals surface area contributed by atoms with Crippen LogP contribution in [0.4, 0.5) is 4.39 Å². The number of carbonyl (C=O) groups is 1. The zero-order valence-electron chi connectivity index (χ0n) is 11.3. The topological polar surface area (TPSA) is 46.9 Å². The molecule has 4 nitrogen and oxygen atoms in total. The summed E-state index contributed by atoms with van der Waals surface area (Å²) in [5.41, 5.74) is 0.910. The number of carbonyl (C=O) groups excluding carboxylic acids is 1. The van der Waals surface area contributed by atoms with Crippen molar-refractivity contribution in [2.45, 2.75) is 26.3 Å². The lowest BCUT2D eigenvalue weighted by molar-refractivity contribution is -0.121. The second-order valence-electron chi connectivity index (χ2n) is 4.51. The number of alkyl halides is 1. The summed E-state index contributed by atoms with van der Waals surface area (Å²) >= 11 is 5.75. The van der Waals surface area contributed by atoms with Gasteiger partial charge < -0.3 is 9.88 Å². The van der Waals surface area contributed by atoms with Crippen LogP contribution < -0.4 is 5.32 Å². The summed E-state index contributed by atoms with van der Waals surface area (Å²) in [5, 5.41) is 2.80. The molecular formula is C14H17ClFN3O. The molecule has 0 fully saturated rings. The van der Waals surface area contributed by atoms with Gasteiger partial charge in [-0.15, -0.1) is 11.6 Å². The standard InChI is InChI=1S/C14H17ClFN3O/c1-2-8-17-13(20)9-19-11-5-3-4-10(16)14(11)18-12(19)6-7-15/h3-5H,2,6-9H2,1H3,(H,17,20). The van der Waals surface area contributed by atoms with Crippen molar-refractivity contribution in [3.8, 4) is 0 Å². The van der Waals surface area contributed by atoms with Crippen LogP contribution in [0.3, 0.4) is 0 Å². The van der Waals surface area contributed by atoms with Crippen LogP contribution in [-0.2, 0) is 17.8 Å². The lowest BCUT2D eigenvalue weighted by atomic mass is 10.3. The molecule has 0 atom stereocenters. The fourth-order valence-electron chi connectivity index (χ4n) is 2.08. The molecule has 20 heavy (non-hydrogen) atoms. The molecule has 1 N–H and O–H groups in total. The summed E-state index contributed by atoms with van der Waals surface area (Å²) in [6.07, 6.45) is 1.37. The number of para-hydroxylation sites is 1. The van der Waals surface area contributed by atoms with Gasteiger partial charge in [0.05, 0.1) is 5.52 Å². The van der Waals surface area contributed by atoms with E-state index in [1.165, 1.54) is 6.07 Å². The van der Waals surface area contributed by atoms with Crippen molar-refractivity contribution >= 4 is 28.5 Å². The molecule has 2 aromatic rings. The summed E-state index contributed by atoms with van der Waals surface area (Å²) in [5.74, 6) is 0.519. The van der Waals surface area contributed by atoms with Gasteiger partial charge in [-0.05, 0) is 18.6 Å². The predicted octanol–water partition coefficient (Wildman–Crippen LogP) is 2.48. The third-order valence-electron chi connectivity index (χ3n) is 3.00. The minimum absolute atomic E-state index is 0.105. The van der Waals surface area contributed by atoms with Crippen LogP contribution >= 0.6 is 11.6 Å². The maximum Gasteiger partial charge on any atom is 0.240 e. The van der Waals surface area contributed by atoms with Crippen LogP contribution in [0.25, 0.3) is 11.0 Å². The Hall–Kier alpha value is -1.62. The molecule has 1 aromatic carbocycles. The predicted molar refractivity (Wildman–Crippen MR) is 77.4 cm³/mol. The van der Waals surface area contributed by atoms with Crippen molar-refractivity contribution in [2.75, 3.05) is 12.4 Å². The van der Waals surface area contributed by atoms with E-state index >= 15 is 0 Å². The van der Waals surface area contributed by atoms with Gasteiger partial charge in [-0.2, -0.15) is 0 Å². The molecule has 2 rings (SSSR count). The smallest absolute Gasteiger partial charge is 0.240 e. The van der Waals surface area contributed by atoms with Crippen LogP contribution in [0.2, 0.25) is 0 Å². The highest BCUT2D eigenvalue weighted by atomic mass is 35.5. The summed E-state index contributed by atoms with van der Waals surface area (Å²) in [6.45, 7) is 2.75. The number of hydrogen-bond acceptors (Lipinski definition) is 2. The van der Waals surface area contributed by atoms with Crippen molar-refractivity contribution in [3.05, 3.63) is 29.8 Å². The Morgan fingerprint density at radius 3 is 3.00 bits per heavy atom. The van der Waals surface area contributed by atoms with Crippen molar-refractivity contribution in [2.24, 2.45) is 0 Å². The highest BCUT2D eigenvalue weighted by Gasteiger charge is 2.15.